The SMILES string of the molecule is CN(Cc1cc2cc(F)ccc2[nH]1)C(=O)c1ccccc1[C@@H]1CCNC1. The molecular weight excluding hydrogens is 329 g/mol. The van der Waals surface area contributed by atoms with E-state index >= 15 is 0 Å². The zero-order chi connectivity index (χ0) is 18.1. The van der Waals surface area contributed by atoms with Crippen LogP contribution in [0.4, 0.5) is 4.39 Å². The van der Waals surface area contributed by atoms with E-state index in [1.807, 2.05) is 24.3 Å². The minimum Gasteiger partial charge on any atom is -0.357 e. The predicted molar refractivity (Wildman–Crippen MR) is 101 cm³/mol. The summed E-state index contributed by atoms with van der Waals surface area (Å²) < 4.78 is 13.4. The van der Waals surface area contributed by atoms with Crippen molar-refractivity contribution in [1.82, 2.24) is 15.2 Å². The third-order valence-electron chi connectivity index (χ3n) is 5.08. The molecule has 2 heterocycles. The molecule has 0 bridgehead atoms. The number of carbonyl (C=O) groups excluding carboxylic acids is 1. The molecule has 0 saturated carbocycles. The van der Waals surface area contributed by atoms with Gasteiger partial charge in [-0.2, -0.15) is 0 Å². The second kappa shape index (κ2) is 6.92. The van der Waals surface area contributed by atoms with Crippen molar-refractivity contribution in [2.45, 2.75) is 18.9 Å². The van der Waals surface area contributed by atoms with Crippen LogP contribution in [0.25, 0.3) is 10.9 Å². The summed E-state index contributed by atoms with van der Waals surface area (Å²) in [6.45, 7) is 2.36. The number of hydrogen-bond donors (Lipinski definition) is 2. The van der Waals surface area contributed by atoms with Gasteiger partial charge < -0.3 is 15.2 Å². The normalized spacial score (nSPS) is 16.9. The fourth-order valence-corrected chi connectivity index (χ4v) is 3.75. The molecule has 4 nitrogen and oxygen atoms in total. The van der Waals surface area contributed by atoms with E-state index in [-0.39, 0.29) is 11.7 Å². The molecule has 0 spiro atoms. The zero-order valence-electron chi connectivity index (χ0n) is 14.8. The summed E-state index contributed by atoms with van der Waals surface area (Å²) in [5.41, 5.74) is 3.65. The minimum atomic E-state index is -0.258. The molecule has 1 aromatic heterocycles. The van der Waals surface area contributed by atoms with Gasteiger partial charge in [0.1, 0.15) is 5.82 Å². The lowest BCUT2D eigenvalue weighted by atomic mass is 9.93. The van der Waals surface area contributed by atoms with Gasteiger partial charge in [0.25, 0.3) is 5.91 Å². The highest BCUT2D eigenvalue weighted by atomic mass is 19.1. The lowest BCUT2D eigenvalue weighted by Crippen LogP contribution is -2.27. The topological polar surface area (TPSA) is 48.1 Å². The first-order valence-corrected chi connectivity index (χ1v) is 8.94. The third kappa shape index (κ3) is 3.22. The largest absolute Gasteiger partial charge is 0.357 e. The first-order valence-electron chi connectivity index (χ1n) is 8.94. The second-order valence-electron chi connectivity index (χ2n) is 6.96. The van der Waals surface area contributed by atoms with Crippen molar-refractivity contribution in [2.24, 2.45) is 0 Å². The van der Waals surface area contributed by atoms with Gasteiger partial charge in [-0.3, -0.25) is 4.79 Å². The molecule has 2 N–H and O–H groups in total. The summed E-state index contributed by atoms with van der Waals surface area (Å²) in [7, 11) is 1.80. The molecule has 4 rings (SSSR count). The van der Waals surface area contributed by atoms with Crippen LogP contribution in [0.3, 0.4) is 0 Å². The van der Waals surface area contributed by atoms with Crippen LogP contribution < -0.4 is 5.32 Å². The van der Waals surface area contributed by atoms with E-state index in [4.69, 9.17) is 0 Å². The molecule has 3 aromatic rings. The van der Waals surface area contributed by atoms with Crippen LogP contribution in [-0.4, -0.2) is 35.9 Å². The fraction of sp³-hybridized carbons (Fsp3) is 0.286. The molecule has 26 heavy (non-hydrogen) atoms. The van der Waals surface area contributed by atoms with Crippen molar-refractivity contribution in [1.29, 1.82) is 0 Å². The molecule has 0 unspecified atom stereocenters. The number of halogens is 1. The number of nitrogens with one attached hydrogen (secondary N) is 2. The zero-order valence-corrected chi connectivity index (χ0v) is 14.8. The summed E-state index contributed by atoms with van der Waals surface area (Å²) in [6, 6.07) is 14.4. The summed E-state index contributed by atoms with van der Waals surface area (Å²) in [5.74, 6) is 0.142. The average molecular weight is 351 g/mol. The number of hydrogen-bond acceptors (Lipinski definition) is 2. The number of amides is 1. The molecule has 1 fully saturated rings. The van der Waals surface area contributed by atoms with E-state index in [1.54, 1.807) is 18.0 Å². The van der Waals surface area contributed by atoms with Crippen LogP contribution in [0, 0.1) is 5.82 Å². The first kappa shape index (κ1) is 16.8. The van der Waals surface area contributed by atoms with E-state index in [9.17, 15) is 9.18 Å². The molecule has 134 valence electrons. The van der Waals surface area contributed by atoms with Crippen LogP contribution >= 0.6 is 0 Å². The average Bonchev–Trinajstić information content (AvgIpc) is 3.30. The van der Waals surface area contributed by atoms with Crippen LogP contribution in [0.2, 0.25) is 0 Å². The molecular formula is C21H22FN3O. The molecule has 1 aliphatic rings. The van der Waals surface area contributed by atoms with Gasteiger partial charge in [-0.25, -0.2) is 4.39 Å². The first-order chi connectivity index (χ1) is 12.6. The van der Waals surface area contributed by atoms with E-state index < -0.39 is 0 Å². The van der Waals surface area contributed by atoms with Crippen molar-refractivity contribution < 1.29 is 9.18 Å². The van der Waals surface area contributed by atoms with Crippen molar-refractivity contribution in [3.05, 3.63) is 71.2 Å². The smallest absolute Gasteiger partial charge is 0.254 e. The monoisotopic (exact) mass is 351 g/mol. The fourth-order valence-electron chi connectivity index (χ4n) is 3.75. The molecule has 2 aromatic carbocycles. The molecule has 0 radical (unpaired) electrons. The van der Waals surface area contributed by atoms with Gasteiger partial charge in [0.15, 0.2) is 0 Å². The Morgan fingerprint density at radius 2 is 2.08 bits per heavy atom. The second-order valence-corrected chi connectivity index (χ2v) is 6.96. The Bertz CT molecular complexity index is 943. The number of rotatable bonds is 4. The van der Waals surface area contributed by atoms with E-state index in [0.29, 0.717) is 12.5 Å². The van der Waals surface area contributed by atoms with Crippen LogP contribution in [-0.2, 0) is 6.54 Å². The van der Waals surface area contributed by atoms with Gasteiger partial charge >= 0.3 is 0 Å². The number of nitrogens with zero attached hydrogens (tertiary/aromatic N) is 1. The molecule has 5 heteroatoms. The number of fused-ring (bicyclic) bond motifs is 1. The molecule has 1 saturated heterocycles. The van der Waals surface area contributed by atoms with Gasteiger partial charge in [0, 0.05) is 35.8 Å². The van der Waals surface area contributed by atoms with Crippen molar-refractivity contribution in [3.8, 4) is 0 Å². The number of aromatic amines is 1. The van der Waals surface area contributed by atoms with Gasteiger partial charge in [-0.05, 0) is 54.8 Å². The highest BCUT2D eigenvalue weighted by molar-refractivity contribution is 5.95. The Kier molecular flexibility index (Phi) is 4.47. The van der Waals surface area contributed by atoms with Crippen LogP contribution in [0.15, 0.2) is 48.5 Å². The minimum absolute atomic E-state index is 0.0114. The summed E-state index contributed by atoms with van der Waals surface area (Å²) in [6.07, 6.45) is 1.06. The van der Waals surface area contributed by atoms with Crippen molar-refractivity contribution in [3.63, 3.8) is 0 Å². The number of aromatic nitrogens is 1. The summed E-state index contributed by atoms with van der Waals surface area (Å²) in [5, 5.41) is 4.18. The maximum Gasteiger partial charge on any atom is 0.254 e. The van der Waals surface area contributed by atoms with Crippen molar-refractivity contribution >= 4 is 16.8 Å². The highest BCUT2D eigenvalue weighted by Crippen LogP contribution is 2.27. The number of carbonyl (C=O) groups is 1. The molecule has 1 aliphatic heterocycles. The quantitative estimate of drug-likeness (QED) is 0.754. The van der Waals surface area contributed by atoms with E-state index in [2.05, 4.69) is 16.4 Å². The Morgan fingerprint density at radius 3 is 2.88 bits per heavy atom. The van der Waals surface area contributed by atoms with Gasteiger partial charge in [-0.15, -0.1) is 0 Å². The van der Waals surface area contributed by atoms with Crippen LogP contribution in [0.1, 0.15) is 34.0 Å². The van der Waals surface area contributed by atoms with E-state index in [0.717, 1.165) is 47.2 Å². The van der Waals surface area contributed by atoms with Gasteiger partial charge in [0.2, 0.25) is 0 Å². The van der Waals surface area contributed by atoms with E-state index in [1.165, 1.54) is 12.1 Å². The maximum absolute atomic E-state index is 13.4. The molecule has 0 aliphatic carbocycles. The highest BCUT2D eigenvalue weighted by Gasteiger charge is 2.23. The number of H-pyrrole nitrogens is 1. The summed E-state index contributed by atoms with van der Waals surface area (Å²) >= 11 is 0. The molecule has 1 atom stereocenters. The van der Waals surface area contributed by atoms with Crippen LogP contribution in [0.5, 0.6) is 0 Å². The number of benzene rings is 2. The lowest BCUT2D eigenvalue weighted by Gasteiger charge is -2.20. The molecule has 1 amide bonds. The third-order valence-corrected chi connectivity index (χ3v) is 5.08. The Balaban J connectivity index is 1.56. The Morgan fingerprint density at radius 1 is 1.23 bits per heavy atom. The Labute approximate surface area is 152 Å². The van der Waals surface area contributed by atoms with Gasteiger partial charge in [0.05, 0.1) is 6.54 Å². The predicted octanol–water partition coefficient (Wildman–Crippen LogP) is 3.66. The standard InChI is InChI=1S/C21H22FN3O/c1-25(13-17-11-15-10-16(22)6-7-20(15)24-17)21(26)19-5-3-2-4-18(19)14-8-9-23-12-14/h2-7,10-11,14,23-24H,8-9,12-13H2,1H3/t14-/m1/s1. The maximum atomic E-state index is 13.4. The van der Waals surface area contributed by atoms with Crippen molar-refractivity contribution in [2.75, 3.05) is 20.1 Å². The Hall–Kier alpha value is -2.66. The lowest BCUT2D eigenvalue weighted by molar-refractivity contribution is 0.0782. The van der Waals surface area contributed by atoms with Gasteiger partial charge in [-0.1, -0.05) is 18.2 Å². The summed E-state index contributed by atoms with van der Waals surface area (Å²) in [4.78, 5) is 18.0.